The van der Waals surface area contributed by atoms with Gasteiger partial charge in [0.2, 0.25) is 0 Å². The number of carbonyl (C=O) groups is 2. The van der Waals surface area contributed by atoms with Crippen LogP contribution >= 0.6 is 0 Å². The highest BCUT2D eigenvalue weighted by Gasteiger charge is 2.53. The van der Waals surface area contributed by atoms with Crippen LogP contribution in [0.4, 0.5) is 0 Å². The van der Waals surface area contributed by atoms with Gasteiger partial charge in [-0.25, -0.2) is 0 Å². The van der Waals surface area contributed by atoms with E-state index in [4.69, 9.17) is 28.4 Å². The maximum absolute atomic E-state index is 11.4. The lowest BCUT2D eigenvalue weighted by Gasteiger charge is -2.28. The summed E-state index contributed by atoms with van der Waals surface area (Å²) in [5, 5.41) is 0. The van der Waals surface area contributed by atoms with Gasteiger partial charge in [0.15, 0.2) is 17.7 Å². The van der Waals surface area contributed by atoms with Gasteiger partial charge < -0.3 is 28.4 Å². The van der Waals surface area contributed by atoms with Gasteiger partial charge in [-0.05, 0) is 27.7 Å². The second kappa shape index (κ2) is 6.95. The number of esters is 2. The Morgan fingerprint density at radius 2 is 1.71 bits per heavy atom. The molecule has 0 radical (unpaired) electrons. The van der Waals surface area contributed by atoms with Crippen molar-refractivity contribution < 1.29 is 38.0 Å². The highest BCUT2D eigenvalue weighted by Crippen LogP contribution is 2.37. The molecule has 8 nitrogen and oxygen atoms in total. The first-order chi connectivity index (χ1) is 11.0. The lowest BCUT2D eigenvalue weighted by atomic mass is 10.0. The topological polar surface area (TPSA) is 89.5 Å². The highest BCUT2D eigenvalue weighted by atomic mass is 16.8. The van der Waals surface area contributed by atoms with Crippen molar-refractivity contribution in [2.45, 2.75) is 77.5 Å². The fourth-order valence-electron chi connectivity index (χ4n) is 2.88. The summed E-state index contributed by atoms with van der Waals surface area (Å²) in [5.74, 6) is -2.58. The first-order valence-corrected chi connectivity index (χ1v) is 7.97. The van der Waals surface area contributed by atoms with E-state index in [1.165, 1.54) is 13.8 Å². The van der Waals surface area contributed by atoms with Gasteiger partial charge in [-0.2, -0.15) is 0 Å². The molecule has 24 heavy (non-hydrogen) atoms. The molecule has 2 saturated heterocycles. The predicted octanol–water partition coefficient (Wildman–Crippen LogP) is 1.15. The van der Waals surface area contributed by atoms with E-state index in [2.05, 4.69) is 0 Å². The van der Waals surface area contributed by atoms with Gasteiger partial charge in [0.25, 0.3) is 0 Å². The van der Waals surface area contributed by atoms with Crippen LogP contribution in [-0.4, -0.2) is 61.1 Å². The Morgan fingerprint density at radius 3 is 2.21 bits per heavy atom. The molecule has 0 saturated carbocycles. The van der Waals surface area contributed by atoms with Gasteiger partial charge >= 0.3 is 11.9 Å². The summed E-state index contributed by atoms with van der Waals surface area (Å²) in [6.45, 7) is 9.93. The predicted molar refractivity (Wildman–Crippen MR) is 80.9 cm³/mol. The van der Waals surface area contributed by atoms with E-state index >= 15 is 0 Å². The van der Waals surface area contributed by atoms with Gasteiger partial charge in [-0.15, -0.1) is 0 Å². The van der Waals surface area contributed by atoms with E-state index in [1.807, 2.05) is 13.8 Å². The molecule has 2 heterocycles. The molecule has 2 aliphatic rings. The zero-order valence-corrected chi connectivity index (χ0v) is 15.0. The average molecular weight is 346 g/mol. The quantitative estimate of drug-likeness (QED) is 0.685. The van der Waals surface area contributed by atoms with Crippen molar-refractivity contribution in [1.29, 1.82) is 0 Å². The van der Waals surface area contributed by atoms with Crippen LogP contribution < -0.4 is 0 Å². The van der Waals surface area contributed by atoms with E-state index in [0.29, 0.717) is 6.61 Å². The van der Waals surface area contributed by atoms with Crippen molar-refractivity contribution >= 4 is 11.9 Å². The van der Waals surface area contributed by atoms with Crippen LogP contribution in [-0.2, 0) is 38.0 Å². The molecule has 0 unspecified atom stereocenters. The average Bonchev–Trinajstić information content (AvgIpc) is 2.93. The molecular weight excluding hydrogens is 320 g/mol. The van der Waals surface area contributed by atoms with E-state index in [-0.39, 0.29) is 12.7 Å². The van der Waals surface area contributed by atoms with Crippen LogP contribution in [0.3, 0.4) is 0 Å². The molecule has 4 atom stereocenters. The van der Waals surface area contributed by atoms with E-state index in [9.17, 15) is 9.59 Å². The van der Waals surface area contributed by atoms with Crippen LogP contribution in [0.1, 0.15) is 41.5 Å². The molecule has 0 N–H and O–H groups in total. The molecule has 2 rings (SSSR count). The third kappa shape index (κ3) is 4.89. The molecule has 2 fully saturated rings. The molecule has 8 heteroatoms. The van der Waals surface area contributed by atoms with E-state index < -0.39 is 41.8 Å². The summed E-state index contributed by atoms with van der Waals surface area (Å²) in [6, 6.07) is 0. The molecule has 0 aromatic carbocycles. The summed E-state index contributed by atoms with van der Waals surface area (Å²) in [4.78, 5) is 22.6. The Morgan fingerprint density at radius 1 is 1.04 bits per heavy atom. The maximum Gasteiger partial charge on any atom is 0.303 e. The minimum absolute atomic E-state index is 0.119. The standard InChI is InChI=1S/C16H26O8/c1-9(17)19-7-11(21-10(2)18)13-14(24-16(5,6)23-13)12-8-20-15(3,4)22-12/h11-14H,7-8H2,1-6H3/t11-,12-,13-,14-/m0/s1. The first kappa shape index (κ1) is 19.1. The lowest BCUT2D eigenvalue weighted by molar-refractivity contribution is -0.179. The third-order valence-corrected chi connectivity index (χ3v) is 3.70. The number of rotatable bonds is 5. The monoisotopic (exact) mass is 346 g/mol. The minimum Gasteiger partial charge on any atom is -0.462 e. The fourth-order valence-corrected chi connectivity index (χ4v) is 2.88. The maximum atomic E-state index is 11.4. The van der Waals surface area contributed by atoms with Crippen LogP contribution in [0.15, 0.2) is 0 Å². The van der Waals surface area contributed by atoms with E-state index in [0.717, 1.165) is 0 Å². The highest BCUT2D eigenvalue weighted by molar-refractivity contribution is 5.67. The van der Waals surface area contributed by atoms with Crippen LogP contribution in [0.25, 0.3) is 0 Å². The van der Waals surface area contributed by atoms with Gasteiger partial charge in [0, 0.05) is 13.8 Å². The second-order valence-electron chi connectivity index (χ2n) is 6.88. The molecule has 0 aromatic rings. The SMILES string of the molecule is CC(=O)OC[C@H](OC(C)=O)[C@@H]1OC(C)(C)O[C@H]1[C@@H]1COC(C)(C)O1. The summed E-state index contributed by atoms with van der Waals surface area (Å²) >= 11 is 0. The molecule has 138 valence electrons. The van der Waals surface area contributed by atoms with Crippen molar-refractivity contribution in [3.8, 4) is 0 Å². The van der Waals surface area contributed by atoms with Crippen LogP contribution in [0.5, 0.6) is 0 Å². The smallest absolute Gasteiger partial charge is 0.303 e. The molecule has 2 aliphatic heterocycles. The van der Waals surface area contributed by atoms with Gasteiger partial charge in [0.05, 0.1) is 6.61 Å². The van der Waals surface area contributed by atoms with Crippen molar-refractivity contribution in [3.63, 3.8) is 0 Å². The summed E-state index contributed by atoms with van der Waals surface area (Å²) in [7, 11) is 0. The Balaban J connectivity index is 2.17. The van der Waals surface area contributed by atoms with Crippen molar-refractivity contribution in [1.82, 2.24) is 0 Å². The van der Waals surface area contributed by atoms with Gasteiger partial charge in [-0.1, -0.05) is 0 Å². The Bertz CT molecular complexity index is 486. The fraction of sp³-hybridized carbons (Fsp3) is 0.875. The molecule has 0 spiro atoms. The largest absolute Gasteiger partial charge is 0.462 e. The molecule has 0 aromatic heterocycles. The molecular formula is C16H26O8. The van der Waals surface area contributed by atoms with Gasteiger partial charge in [-0.3, -0.25) is 9.59 Å². The number of ether oxygens (including phenoxy) is 6. The Hall–Kier alpha value is -1.22. The van der Waals surface area contributed by atoms with Gasteiger partial charge in [0.1, 0.15) is 24.9 Å². The molecule has 0 aliphatic carbocycles. The zero-order valence-electron chi connectivity index (χ0n) is 15.0. The summed E-state index contributed by atoms with van der Waals surface area (Å²) in [6.07, 6.45) is -2.36. The van der Waals surface area contributed by atoms with Crippen LogP contribution in [0.2, 0.25) is 0 Å². The second-order valence-corrected chi connectivity index (χ2v) is 6.88. The summed E-state index contributed by atoms with van der Waals surface area (Å²) < 4.78 is 33.6. The summed E-state index contributed by atoms with van der Waals surface area (Å²) in [5.41, 5.74) is 0. The molecule has 0 amide bonds. The zero-order chi connectivity index (χ0) is 18.1. The number of carbonyl (C=O) groups excluding carboxylic acids is 2. The van der Waals surface area contributed by atoms with Crippen molar-refractivity contribution in [3.05, 3.63) is 0 Å². The lowest BCUT2D eigenvalue weighted by Crippen LogP contribution is -2.47. The normalized spacial score (nSPS) is 32.3. The minimum atomic E-state index is -0.889. The number of hydrogen-bond acceptors (Lipinski definition) is 8. The van der Waals surface area contributed by atoms with E-state index in [1.54, 1.807) is 13.8 Å². The number of hydrogen-bond donors (Lipinski definition) is 0. The van der Waals surface area contributed by atoms with Crippen molar-refractivity contribution in [2.24, 2.45) is 0 Å². The Kier molecular flexibility index (Phi) is 5.54. The first-order valence-electron chi connectivity index (χ1n) is 7.97. The Labute approximate surface area is 141 Å². The van der Waals surface area contributed by atoms with Crippen LogP contribution in [0, 0.1) is 0 Å². The molecule has 0 bridgehead atoms. The van der Waals surface area contributed by atoms with Crippen molar-refractivity contribution in [2.75, 3.05) is 13.2 Å². The third-order valence-electron chi connectivity index (χ3n) is 3.70.